The van der Waals surface area contributed by atoms with E-state index in [1.54, 1.807) is 12.3 Å². The lowest BCUT2D eigenvalue weighted by Crippen LogP contribution is -2.66. The van der Waals surface area contributed by atoms with Crippen LogP contribution in [0.1, 0.15) is 43.1 Å². The van der Waals surface area contributed by atoms with E-state index in [-0.39, 0.29) is 18.4 Å². The summed E-state index contributed by atoms with van der Waals surface area (Å²) in [5.41, 5.74) is 0.598. The van der Waals surface area contributed by atoms with E-state index in [4.69, 9.17) is 4.74 Å². The molecule has 1 aromatic heterocycles. The minimum absolute atomic E-state index is 0.0548. The van der Waals surface area contributed by atoms with Gasteiger partial charge in [0, 0.05) is 44.5 Å². The highest BCUT2D eigenvalue weighted by Gasteiger charge is 2.47. The molecule has 2 bridgehead atoms. The van der Waals surface area contributed by atoms with Crippen LogP contribution in [0.25, 0.3) is 0 Å². The Bertz CT molecular complexity index is 677. The molecule has 0 aliphatic carbocycles. The number of rotatable bonds is 6. The summed E-state index contributed by atoms with van der Waals surface area (Å²) in [7, 11) is 0. The molecule has 0 spiro atoms. The van der Waals surface area contributed by atoms with Crippen molar-refractivity contribution in [1.82, 2.24) is 20.1 Å². The summed E-state index contributed by atoms with van der Waals surface area (Å²) < 4.78 is 5.36. The van der Waals surface area contributed by atoms with Gasteiger partial charge < -0.3 is 19.9 Å². The molecule has 0 radical (unpaired) electrons. The quantitative estimate of drug-likeness (QED) is 0.774. The molecule has 0 saturated carbocycles. The van der Waals surface area contributed by atoms with E-state index in [0.29, 0.717) is 42.8 Å². The second kappa shape index (κ2) is 8.66. The van der Waals surface area contributed by atoms with E-state index in [1.807, 2.05) is 17.9 Å². The smallest absolute Gasteiger partial charge is 0.267 e. The fourth-order valence-electron chi connectivity index (χ4n) is 5.44. The zero-order valence-electron chi connectivity index (χ0n) is 16.7. The molecule has 4 heterocycles. The number of ether oxygens (including phenoxy) is 1. The maximum Gasteiger partial charge on any atom is 0.267 e. The number of H-pyrrole nitrogens is 1. The molecular formula is C21H32N4O3. The van der Waals surface area contributed by atoms with Gasteiger partial charge in [0.15, 0.2) is 0 Å². The van der Waals surface area contributed by atoms with Gasteiger partial charge in [-0.3, -0.25) is 14.5 Å². The van der Waals surface area contributed by atoms with Crippen LogP contribution < -0.4 is 5.32 Å². The third-order valence-electron chi connectivity index (χ3n) is 6.72. The van der Waals surface area contributed by atoms with Gasteiger partial charge in [-0.2, -0.15) is 0 Å². The second-order valence-electron chi connectivity index (χ2n) is 8.35. The molecule has 1 aromatic rings. The maximum atomic E-state index is 12.6. The summed E-state index contributed by atoms with van der Waals surface area (Å²) in [6, 6.07) is 4.46. The fourth-order valence-corrected chi connectivity index (χ4v) is 5.44. The Labute approximate surface area is 166 Å². The first-order valence-corrected chi connectivity index (χ1v) is 10.7. The number of carbonyl (C=O) groups is 2. The largest absolute Gasteiger partial charge is 0.372 e. The number of hydrogen-bond acceptors (Lipinski definition) is 4. The van der Waals surface area contributed by atoms with Crippen molar-refractivity contribution < 1.29 is 14.3 Å². The predicted molar refractivity (Wildman–Crippen MR) is 106 cm³/mol. The van der Waals surface area contributed by atoms with Crippen LogP contribution in [-0.4, -0.2) is 78.1 Å². The third-order valence-corrected chi connectivity index (χ3v) is 6.72. The normalized spacial score (nSPS) is 30.0. The minimum Gasteiger partial charge on any atom is -0.372 e. The van der Waals surface area contributed by atoms with Gasteiger partial charge in [0.05, 0.1) is 0 Å². The Morgan fingerprint density at radius 1 is 1.29 bits per heavy atom. The predicted octanol–water partition coefficient (Wildman–Crippen LogP) is 1.48. The summed E-state index contributed by atoms with van der Waals surface area (Å²) in [6.07, 6.45) is 6.61. The van der Waals surface area contributed by atoms with Gasteiger partial charge in [0.25, 0.3) is 5.91 Å². The number of aromatic nitrogens is 1. The summed E-state index contributed by atoms with van der Waals surface area (Å²) >= 11 is 0. The van der Waals surface area contributed by atoms with Crippen LogP contribution in [0, 0.1) is 11.8 Å². The number of nitrogens with one attached hydrogen (secondary N) is 2. The van der Waals surface area contributed by atoms with Crippen molar-refractivity contribution in [2.45, 2.75) is 44.7 Å². The van der Waals surface area contributed by atoms with Gasteiger partial charge in [0.2, 0.25) is 5.91 Å². The number of hydrogen-bond donors (Lipinski definition) is 2. The zero-order chi connectivity index (χ0) is 19.5. The lowest BCUT2D eigenvalue weighted by atomic mass is 9.72. The van der Waals surface area contributed by atoms with Gasteiger partial charge in [-0.15, -0.1) is 0 Å². The standard InChI is InChI=1S/C21H32N4O3/c1-2-28-14-20(26)24-12-15-10-16(13-24)19(25-9-4-3-7-18(15)25)11-23-21(27)17-6-5-8-22-17/h5-6,8,15-16,18-19,22H,2-4,7,9-14H2,1H3,(H,23,27)/t15-,16+,18+,19+/m1/s1. The third kappa shape index (κ3) is 3.96. The Hall–Kier alpha value is -1.86. The summed E-state index contributed by atoms with van der Waals surface area (Å²) in [5, 5.41) is 3.13. The van der Waals surface area contributed by atoms with E-state index >= 15 is 0 Å². The summed E-state index contributed by atoms with van der Waals surface area (Å²) in [6.45, 7) is 6.03. The van der Waals surface area contributed by atoms with Crippen molar-refractivity contribution in [1.29, 1.82) is 0 Å². The molecule has 0 aromatic carbocycles. The lowest BCUT2D eigenvalue weighted by molar-refractivity contribution is -0.145. The van der Waals surface area contributed by atoms with E-state index in [0.717, 1.165) is 26.1 Å². The second-order valence-corrected chi connectivity index (χ2v) is 8.35. The van der Waals surface area contributed by atoms with Gasteiger partial charge in [-0.25, -0.2) is 0 Å². The molecule has 3 saturated heterocycles. The van der Waals surface area contributed by atoms with E-state index in [2.05, 4.69) is 15.2 Å². The number of aromatic amines is 1. The van der Waals surface area contributed by atoms with Crippen LogP contribution in [0.5, 0.6) is 0 Å². The van der Waals surface area contributed by atoms with Crippen molar-refractivity contribution >= 4 is 11.8 Å². The first-order valence-electron chi connectivity index (χ1n) is 10.7. The van der Waals surface area contributed by atoms with Crippen LogP contribution in [0.2, 0.25) is 0 Å². The molecule has 3 fully saturated rings. The highest BCUT2D eigenvalue weighted by Crippen LogP contribution is 2.41. The Morgan fingerprint density at radius 3 is 2.93 bits per heavy atom. The van der Waals surface area contributed by atoms with Crippen molar-refractivity contribution in [2.24, 2.45) is 11.8 Å². The van der Waals surface area contributed by atoms with E-state index < -0.39 is 0 Å². The first kappa shape index (κ1) is 19.5. The van der Waals surface area contributed by atoms with Crippen LogP contribution in [-0.2, 0) is 9.53 Å². The Balaban J connectivity index is 1.46. The first-order chi connectivity index (χ1) is 13.7. The molecule has 0 unspecified atom stereocenters. The van der Waals surface area contributed by atoms with Crippen molar-refractivity contribution in [3.05, 3.63) is 24.0 Å². The van der Waals surface area contributed by atoms with Gasteiger partial charge in [0.1, 0.15) is 12.3 Å². The fraction of sp³-hybridized carbons (Fsp3) is 0.714. The number of carbonyl (C=O) groups excluding carboxylic acids is 2. The topological polar surface area (TPSA) is 77.7 Å². The molecule has 4 rings (SSSR count). The zero-order valence-corrected chi connectivity index (χ0v) is 16.7. The van der Waals surface area contributed by atoms with Crippen molar-refractivity contribution in [2.75, 3.05) is 39.4 Å². The molecule has 4 atom stereocenters. The minimum atomic E-state index is -0.0548. The monoisotopic (exact) mass is 388 g/mol. The van der Waals surface area contributed by atoms with Crippen LogP contribution in [0.3, 0.4) is 0 Å². The van der Waals surface area contributed by atoms with E-state index in [9.17, 15) is 9.59 Å². The number of likely N-dealkylation sites (tertiary alicyclic amines) is 1. The molecule has 7 nitrogen and oxygen atoms in total. The number of piperidine rings is 3. The van der Waals surface area contributed by atoms with Crippen LogP contribution >= 0.6 is 0 Å². The molecule has 2 N–H and O–H groups in total. The molecule has 154 valence electrons. The van der Waals surface area contributed by atoms with Gasteiger partial charge in [-0.1, -0.05) is 6.42 Å². The highest BCUT2D eigenvalue weighted by molar-refractivity contribution is 5.92. The SMILES string of the molecule is CCOCC(=O)N1C[C@H]2C[C@@H](C1)[C@H](CNC(=O)c1ccc[nH]1)N1CCCC[C@@H]21. The molecule has 28 heavy (non-hydrogen) atoms. The van der Waals surface area contributed by atoms with E-state index in [1.165, 1.54) is 19.3 Å². The Kier molecular flexibility index (Phi) is 6.01. The Morgan fingerprint density at radius 2 is 2.14 bits per heavy atom. The summed E-state index contributed by atoms with van der Waals surface area (Å²) in [4.78, 5) is 32.6. The molecule has 3 aliphatic rings. The number of amides is 2. The number of fused-ring (bicyclic) bond motifs is 4. The van der Waals surface area contributed by atoms with Gasteiger partial charge in [-0.05, 0) is 56.7 Å². The van der Waals surface area contributed by atoms with Crippen LogP contribution in [0.15, 0.2) is 18.3 Å². The lowest BCUT2D eigenvalue weighted by Gasteiger charge is -2.56. The average Bonchev–Trinajstić information content (AvgIpc) is 3.26. The average molecular weight is 389 g/mol. The van der Waals surface area contributed by atoms with Crippen LogP contribution in [0.4, 0.5) is 0 Å². The van der Waals surface area contributed by atoms with Crippen molar-refractivity contribution in [3.8, 4) is 0 Å². The molecular weight excluding hydrogens is 356 g/mol. The van der Waals surface area contributed by atoms with Crippen molar-refractivity contribution in [3.63, 3.8) is 0 Å². The molecule has 7 heteroatoms. The maximum absolute atomic E-state index is 12.6. The molecule has 2 amide bonds. The highest BCUT2D eigenvalue weighted by atomic mass is 16.5. The summed E-state index contributed by atoms with van der Waals surface area (Å²) in [5.74, 6) is 0.998. The molecule has 3 aliphatic heterocycles. The number of nitrogens with zero attached hydrogens (tertiary/aromatic N) is 2. The van der Waals surface area contributed by atoms with Gasteiger partial charge >= 0.3 is 0 Å².